The van der Waals surface area contributed by atoms with Crippen LogP contribution >= 0.6 is 0 Å². The van der Waals surface area contributed by atoms with Crippen molar-refractivity contribution in [3.63, 3.8) is 0 Å². The van der Waals surface area contributed by atoms with Crippen molar-refractivity contribution in [2.45, 2.75) is 51.5 Å². The highest BCUT2D eigenvalue weighted by atomic mass is 16.1. The van der Waals surface area contributed by atoms with E-state index >= 15 is 0 Å². The fraction of sp³-hybridized carbons (Fsp3) is 0.600. The quantitative estimate of drug-likeness (QED) is 0.605. The van der Waals surface area contributed by atoms with Crippen molar-refractivity contribution in [3.05, 3.63) is 23.4 Å². The first kappa shape index (κ1) is 13.1. The number of carbonyl (C=O) groups excluding carboxylic acids is 1. The number of aromatic nitrogens is 1. The first-order chi connectivity index (χ1) is 8.72. The molecule has 0 aromatic carbocycles. The van der Waals surface area contributed by atoms with Crippen molar-refractivity contribution in [2.75, 3.05) is 11.9 Å². The van der Waals surface area contributed by atoms with E-state index in [2.05, 4.69) is 16.9 Å². The summed E-state index contributed by atoms with van der Waals surface area (Å²) < 4.78 is 0. The molecule has 1 heterocycles. The lowest BCUT2D eigenvalue weighted by Gasteiger charge is -2.29. The first-order valence-corrected chi connectivity index (χ1v) is 6.87. The number of hydrogen-bond acceptors (Lipinski definition) is 3. The first-order valence-electron chi connectivity index (χ1n) is 6.87. The number of nitrogens with zero attached hydrogens (tertiary/aromatic N) is 2. The van der Waals surface area contributed by atoms with Crippen LogP contribution in [0, 0.1) is 6.92 Å². The summed E-state index contributed by atoms with van der Waals surface area (Å²) >= 11 is 0. The number of aryl methyl sites for hydroxylation is 1. The summed E-state index contributed by atoms with van der Waals surface area (Å²) in [5.41, 5.74) is 1.75. The molecule has 1 aliphatic rings. The number of anilines is 1. The second kappa shape index (κ2) is 5.98. The van der Waals surface area contributed by atoms with E-state index in [9.17, 15) is 4.79 Å². The van der Waals surface area contributed by atoms with Gasteiger partial charge in [-0.3, -0.25) is 4.79 Å². The normalized spacial score (nSPS) is 17.2. The topological polar surface area (TPSA) is 33.2 Å². The van der Waals surface area contributed by atoms with Crippen LogP contribution in [-0.4, -0.2) is 24.4 Å². The van der Waals surface area contributed by atoms with E-state index in [1.807, 2.05) is 13.0 Å². The second-order valence-electron chi connectivity index (χ2n) is 5.28. The lowest BCUT2D eigenvalue weighted by molar-refractivity contribution is 0.112. The van der Waals surface area contributed by atoms with Gasteiger partial charge in [0.05, 0.1) is 0 Å². The third-order valence-corrected chi connectivity index (χ3v) is 3.91. The molecule has 0 spiro atoms. The van der Waals surface area contributed by atoms with Gasteiger partial charge in [-0.15, -0.1) is 0 Å². The molecule has 0 bridgehead atoms. The summed E-state index contributed by atoms with van der Waals surface area (Å²) in [5, 5.41) is 0. The van der Waals surface area contributed by atoms with E-state index in [4.69, 9.17) is 0 Å². The number of rotatable bonds is 3. The summed E-state index contributed by atoms with van der Waals surface area (Å²) in [6.45, 7) is 2.03. The summed E-state index contributed by atoms with van der Waals surface area (Å²) in [5.74, 6) is 1.02. The number of aldehydes is 1. The highest BCUT2D eigenvalue weighted by Gasteiger charge is 2.19. The van der Waals surface area contributed by atoms with Crippen molar-refractivity contribution in [1.82, 2.24) is 4.98 Å². The van der Waals surface area contributed by atoms with E-state index in [1.54, 1.807) is 6.20 Å². The third kappa shape index (κ3) is 2.89. The largest absolute Gasteiger partial charge is 0.356 e. The van der Waals surface area contributed by atoms with Crippen molar-refractivity contribution in [2.24, 2.45) is 0 Å². The third-order valence-electron chi connectivity index (χ3n) is 3.91. The van der Waals surface area contributed by atoms with Gasteiger partial charge in [0.2, 0.25) is 0 Å². The second-order valence-corrected chi connectivity index (χ2v) is 5.28. The molecule has 1 saturated carbocycles. The fourth-order valence-corrected chi connectivity index (χ4v) is 2.84. The Morgan fingerprint density at radius 3 is 2.50 bits per heavy atom. The van der Waals surface area contributed by atoms with E-state index in [0.29, 0.717) is 11.6 Å². The smallest absolute Gasteiger partial charge is 0.151 e. The average Bonchev–Trinajstić information content (AvgIpc) is 2.66. The molecular weight excluding hydrogens is 224 g/mol. The summed E-state index contributed by atoms with van der Waals surface area (Å²) in [4.78, 5) is 17.5. The van der Waals surface area contributed by atoms with E-state index in [0.717, 1.165) is 17.7 Å². The molecule has 0 saturated heterocycles. The molecule has 3 heteroatoms. The van der Waals surface area contributed by atoms with Gasteiger partial charge in [0.25, 0.3) is 0 Å². The van der Waals surface area contributed by atoms with Crippen LogP contribution in [0.1, 0.15) is 54.4 Å². The zero-order valence-electron chi connectivity index (χ0n) is 11.4. The Balaban J connectivity index is 2.16. The van der Waals surface area contributed by atoms with Crippen molar-refractivity contribution in [3.8, 4) is 0 Å². The summed E-state index contributed by atoms with van der Waals surface area (Å²) in [6.07, 6.45) is 10.4. The highest BCUT2D eigenvalue weighted by Crippen LogP contribution is 2.26. The molecule has 0 unspecified atom stereocenters. The minimum Gasteiger partial charge on any atom is -0.356 e. The van der Waals surface area contributed by atoms with Gasteiger partial charge in [0.15, 0.2) is 6.29 Å². The van der Waals surface area contributed by atoms with Gasteiger partial charge < -0.3 is 4.90 Å². The van der Waals surface area contributed by atoms with Gasteiger partial charge >= 0.3 is 0 Å². The van der Waals surface area contributed by atoms with Gasteiger partial charge in [-0.2, -0.15) is 0 Å². The zero-order chi connectivity index (χ0) is 13.0. The van der Waals surface area contributed by atoms with Gasteiger partial charge in [0.1, 0.15) is 5.82 Å². The van der Waals surface area contributed by atoms with Crippen molar-refractivity contribution >= 4 is 12.1 Å². The van der Waals surface area contributed by atoms with Crippen LogP contribution in [0.4, 0.5) is 5.82 Å². The molecule has 98 valence electrons. The molecule has 0 atom stereocenters. The standard InChI is InChI=1S/C15H22N2O/c1-12-9-13(11-18)10-16-15(12)17(2)14-7-5-3-4-6-8-14/h9-11,14H,3-8H2,1-2H3. The van der Waals surface area contributed by atoms with Crippen LogP contribution in [0.25, 0.3) is 0 Å². The van der Waals surface area contributed by atoms with E-state index in [1.165, 1.54) is 38.5 Å². The predicted molar refractivity (Wildman–Crippen MR) is 74.3 cm³/mol. The van der Waals surface area contributed by atoms with Crippen LogP contribution in [0.5, 0.6) is 0 Å². The Morgan fingerprint density at radius 2 is 1.94 bits per heavy atom. The Morgan fingerprint density at radius 1 is 1.28 bits per heavy atom. The summed E-state index contributed by atoms with van der Waals surface area (Å²) in [6, 6.07) is 2.52. The van der Waals surface area contributed by atoms with Crippen LogP contribution in [0.3, 0.4) is 0 Å². The average molecular weight is 246 g/mol. The molecule has 0 aliphatic heterocycles. The molecule has 1 aromatic heterocycles. The van der Waals surface area contributed by atoms with Crippen LogP contribution in [0.2, 0.25) is 0 Å². The van der Waals surface area contributed by atoms with Crippen LogP contribution < -0.4 is 4.90 Å². The van der Waals surface area contributed by atoms with Crippen LogP contribution in [0.15, 0.2) is 12.3 Å². The molecule has 18 heavy (non-hydrogen) atoms. The lowest BCUT2D eigenvalue weighted by atomic mass is 10.1. The van der Waals surface area contributed by atoms with Crippen LogP contribution in [-0.2, 0) is 0 Å². The maximum atomic E-state index is 10.7. The molecule has 1 aliphatic carbocycles. The zero-order valence-corrected chi connectivity index (χ0v) is 11.4. The minimum absolute atomic E-state index is 0.598. The molecule has 2 rings (SSSR count). The monoisotopic (exact) mass is 246 g/mol. The maximum absolute atomic E-state index is 10.7. The Labute approximate surface area is 109 Å². The van der Waals surface area contributed by atoms with Gasteiger partial charge in [-0.25, -0.2) is 4.98 Å². The Hall–Kier alpha value is -1.38. The molecule has 3 nitrogen and oxygen atoms in total. The summed E-state index contributed by atoms with van der Waals surface area (Å²) in [7, 11) is 2.13. The molecule has 1 fully saturated rings. The molecule has 0 N–H and O–H groups in total. The number of hydrogen-bond donors (Lipinski definition) is 0. The van der Waals surface area contributed by atoms with Gasteiger partial charge in [-0.1, -0.05) is 25.7 Å². The Bertz CT molecular complexity index is 409. The number of carbonyl (C=O) groups is 1. The minimum atomic E-state index is 0.598. The van der Waals surface area contributed by atoms with Gasteiger partial charge in [-0.05, 0) is 31.4 Å². The number of pyridine rings is 1. The van der Waals surface area contributed by atoms with Crippen molar-refractivity contribution in [1.29, 1.82) is 0 Å². The van der Waals surface area contributed by atoms with Crippen molar-refractivity contribution < 1.29 is 4.79 Å². The maximum Gasteiger partial charge on any atom is 0.151 e. The predicted octanol–water partition coefficient (Wildman–Crippen LogP) is 3.36. The molecule has 0 amide bonds. The lowest BCUT2D eigenvalue weighted by Crippen LogP contribution is -2.32. The SMILES string of the molecule is Cc1cc(C=O)cnc1N(C)C1CCCCCC1. The molecular formula is C15H22N2O. The van der Waals surface area contributed by atoms with Gasteiger partial charge in [0, 0.05) is 24.8 Å². The fourth-order valence-electron chi connectivity index (χ4n) is 2.84. The molecule has 0 radical (unpaired) electrons. The Kier molecular flexibility index (Phi) is 4.34. The molecule has 1 aromatic rings. The van der Waals surface area contributed by atoms with E-state index in [-0.39, 0.29) is 0 Å². The highest BCUT2D eigenvalue weighted by molar-refractivity contribution is 5.75. The van der Waals surface area contributed by atoms with E-state index < -0.39 is 0 Å².